The summed E-state index contributed by atoms with van der Waals surface area (Å²) in [6.45, 7) is 1.81. The maximum Gasteiger partial charge on any atom is 0.345 e. The van der Waals surface area contributed by atoms with E-state index in [2.05, 4.69) is 5.29 Å². The van der Waals surface area contributed by atoms with E-state index in [1.165, 1.54) is 7.11 Å². The molecule has 2 rings (SSSR count). The van der Waals surface area contributed by atoms with Crippen LogP contribution < -0.4 is 0 Å². The molecule has 8 atom stereocenters. The molecular formula is C18H32ClN3O10. The monoisotopic (exact) mass is 485 g/mol. The van der Waals surface area contributed by atoms with Crippen LogP contribution in [0.2, 0.25) is 0 Å². The fraction of sp³-hybridized carbons (Fsp3) is 0.944. The van der Waals surface area contributed by atoms with E-state index in [0.717, 1.165) is 11.3 Å². The summed E-state index contributed by atoms with van der Waals surface area (Å²) in [4.78, 5) is 24.9. The largest absolute Gasteiger partial charge is 0.387 e. The van der Waals surface area contributed by atoms with Crippen LogP contribution in [0.15, 0.2) is 5.29 Å². The molecule has 0 aromatic rings. The molecular weight excluding hydrogens is 454 g/mol. The summed E-state index contributed by atoms with van der Waals surface area (Å²) in [6, 6.07) is -0.981. The van der Waals surface area contributed by atoms with Crippen LogP contribution in [0.5, 0.6) is 0 Å². The number of carbonyl (C=O) groups excluding carboxylic acids is 1. The first-order chi connectivity index (χ1) is 15.2. The molecule has 2 heterocycles. The summed E-state index contributed by atoms with van der Waals surface area (Å²) in [6.07, 6.45) is -9.41. The number of urea groups is 1. The molecule has 14 heteroatoms. The lowest BCUT2D eigenvalue weighted by Crippen LogP contribution is -2.65. The number of ether oxygens (including phenoxy) is 4. The molecule has 0 saturated carbocycles. The maximum absolute atomic E-state index is 12.9. The van der Waals surface area contributed by atoms with Gasteiger partial charge in [-0.3, -0.25) is 4.90 Å². The number of aliphatic hydroxyl groups excluding tert-OH is 4. The van der Waals surface area contributed by atoms with Gasteiger partial charge in [0.1, 0.15) is 24.4 Å². The van der Waals surface area contributed by atoms with Crippen LogP contribution >= 0.6 is 11.6 Å². The third kappa shape index (κ3) is 6.68. The van der Waals surface area contributed by atoms with E-state index in [4.69, 9.17) is 30.5 Å². The van der Waals surface area contributed by atoms with Gasteiger partial charge in [0.25, 0.3) is 0 Å². The fourth-order valence-electron chi connectivity index (χ4n) is 3.44. The quantitative estimate of drug-likeness (QED) is 0.123. The number of hydrogen-bond acceptors (Lipinski definition) is 11. The molecule has 13 nitrogen and oxygen atoms in total. The van der Waals surface area contributed by atoms with Gasteiger partial charge in [-0.15, -0.1) is 16.5 Å². The zero-order valence-electron chi connectivity index (χ0n) is 18.0. The highest BCUT2D eigenvalue weighted by atomic mass is 35.5. The van der Waals surface area contributed by atoms with Gasteiger partial charge in [-0.1, -0.05) is 0 Å². The van der Waals surface area contributed by atoms with E-state index < -0.39 is 49.1 Å². The van der Waals surface area contributed by atoms with Crippen molar-refractivity contribution in [2.75, 3.05) is 39.3 Å². The second kappa shape index (κ2) is 12.9. The Morgan fingerprint density at radius 2 is 2.00 bits per heavy atom. The van der Waals surface area contributed by atoms with Gasteiger partial charge in [0.15, 0.2) is 12.5 Å². The Hall–Kier alpha value is -1.16. The van der Waals surface area contributed by atoms with Crippen LogP contribution in [0.1, 0.15) is 19.8 Å². The summed E-state index contributed by atoms with van der Waals surface area (Å²) < 4.78 is 21.5. The van der Waals surface area contributed by atoms with Crippen molar-refractivity contribution in [3.63, 3.8) is 0 Å². The molecule has 3 unspecified atom stereocenters. The fourth-order valence-corrected chi connectivity index (χ4v) is 3.60. The molecule has 0 aromatic carbocycles. The Morgan fingerprint density at radius 1 is 1.28 bits per heavy atom. The molecule has 0 spiro atoms. The van der Waals surface area contributed by atoms with E-state index in [1.54, 1.807) is 6.92 Å². The maximum atomic E-state index is 12.9. The molecule has 2 aliphatic rings. The van der Waals surface area contributed by atoms with Crippen molar-refractivity contribution < 1.29 is 44.2 Å². The number of rotatable bonds is 11. The van der Waals surface area contributed by atoms with Crippen molar-refractivity contribution in [2.24, 2.45) is 5.29 Å². The Kier molecular flexibility index (Phi) is 10.9. The van der Waals surface area contributed by atoms with E-state index in [1.807, 2.05) is 0 Å². The SMILES string of the molecule is COC(C)CO[C@H]1O[C@H](C(O)N(CC2CCCO2)C(=O)N(CCCl)N=O)[C@H](O)[C@H](O)[C@H]1O. The van der Waals surface area contributed by atoms with E-state index in [-0.39, 0.29) is 31.7 Å². The van der Waals surface area contributed by atoms with E-state index in [0.29, 0.717) is 18.0 Å². The normalized spacial score (nSPS) is 32.3. The first-order valence-corrected chi connectivity index (χ1v) is 10.9. The highest BCUT2D eigenvalue weighted by molar-refractivity contribution is 6.18. The number of halogens is 1. The summed E-state index contributed by atoms with van der Waals surface area (Å²) in [7, 11) is 1.46. The zero-order chi connectivity index (χ0) is 23.8. The summed E-state index contributed by atoms with van der Waals surface area (Å²) >= 11 is 5.62. The summed E-state index contributed by atoms with van der Waals surface area (Å²) in [5.41, 5.74) is 0. The number of alkyl halides is 1. The van der Waals surface area contributed by atoms with Crippen molar-refractivity contribution in [3.8, 4) is 0 Å². The third-order valence-corrected chi connectivity index (χ3v) is 5.57. The number of methoxy groups -OCH3 is 1. The second-order valence-corrected chi connectivity index (χ2v) is 8.08. The number of aliphatic hydroxyl groups is 4. The predicted octanol–water partition coefficient (Wildman–Crippen LogP) is -1.01. The van der Waals surface area contributed by atoms with Gasteiger partial charge in [0.2, 0.25) is 0 Å². The molecule has 0 radical (unpaired) electrons. The minimum atomic E-state index is -1.84. The number of nitrogens with zero attached hydrogens (tertiary/aromatic N) is 3. The average molecular weight is 486 g/mol. The lowest BCUT2D eigenvalue weighted by Gasteiger charge is -2.44. The Balaban J connectivity index is 2.22. The minimum Gasteiger partial charge on any atom is -0.387 e. The van der Waals surface area contributed by atoms with Gasteiger partial charge in [-0.05, 0) is 19.8 Å². The molecule has 2 aliphatic heterocycles. The highest BCUT2D eigenvalue weighted by Gasteiger charge is 2.49. The lowest BCUT2D eigenvalue weighted by molar-refractivity contribution is -0.321. The second-order valence-electron chi connectivity index (χ2n) is 7.70. The van der Waals surface area contributed by atoms with Crippen LogP contribution in [0.25, 0.3) is 0 Å². The van der Waals surface area contributed by atoms with Crippen molar-refractivity contribution in [1.82, 2.24) is 9.91 Å². The zero-order valence-corrected chi connectivity index (χ0v) is 18.8. The van der Waals surface area contributed by atoms with Gasteiger partial charge in [-0.25, -0.2) is 4.79 Å². The van der Waals surface area contributed by atoms with Crippen LogP contribution in [-0.2, 0) is 18.9 Å². The summed E-state index contributed by atoms with van der Waals surface area (Å²) in [5, 5.41) is 45.1. The molecule has 2 fully saturated rings. The van der Waals surface area contributed by atoms with Crippen LogP contribution in [-0.4, -0.2) is 125 Å². The Labute approximate surface area is 190 Å². The highest BCUT2D eigenvalue weighted by Crippen LogP contribution is 2.27. The van der Waals surface area contributed by atoms with Crippen LogP contribution in [0.3, 0.4) is 0 Å². The third-order valence-electron chi connectivity index (χ3n) is 5.40. The molecule has 2 amide bonds. The van der Waals surface area contributed by atoms with Crippen molar-refractivity contribution >= 4 is 17.6 Å². The number of amides is 2. The first kappa shape index (κ1) is 27.1. The molecule has 2 saturated heterocycles. The van der Waals surface area contributed by atoms with Crippen molar-refractivity contribution in [3.05, 3.63) is 4.91 Å². The van der Waals surface area contributed by atoms with Gasteiger partial charge in [0, 0.05) is 19.6 Å². The van der Waals surface area contributed by atoms with Gasteiger partial charge in [-0.2, -0.15) is 5.01 Å². The summed E-state index contributed by atoms with van der Waals surface area (Å²) in [5.74, 6) is -0.0810. The molecule has 32 heavy (non-hydrogen) atoms. The Bertz CT molecular complexity index is 599. The van der Waals surface area contributed by atoms with Crippen LogP contribution in [0.4, 0.5) is 4.79 Å². The van der Waals surface area contributed by atoms with Gasteiger partial charge >= 0.3 is 6.03 Å². The standard InChI is InChI=1S/C18H32ClN3O10/c1-10(29-2)9-31-17-14(25)12(23)13(24)15(32-17)16(26)21(8-11-4-3-7-30-11)18(27)22(20-28)6-5-19/h10-17,23-26H,3-9H2,1-2H3/t10?,11?,12-,13+,14+,15-,16?,17-/m0/s1. The number of carbonyl (C=O) groups is 1. The number of hydrogen-bond donors (Lipinski definition) is 4. The molecule has 0 aromatic heterocycles. The lowest BCUT2D eigenvalue weighted by atomic mass is 9.97. The molecule has 4 N–H and O–H groups in total. The van der Waals surface area contributed by atoms with Crippen molar-refractivity contribution in [1.29, 1.82) is 0 Å². The predicted molar refractivity (Wildman–Crippen MR) is 109 cm³/mol. The van der Waals surface area contributed by atoms with Gasteiger partial charge in [0.05, 0.1) is 37.2 Å². The van der Waals surface area contributed by atoms with Crippen molar-refractivity contribution in [2.45, 2.75) is 68.9 Å². The van der Waals surface area contributed by atoms with Gasteiger partial charge < -0.3 is 39.4 Å². The minimum absolute atomic E-state index is 0.0129. The van der Waals surface area contributed by atoms with E-state index in [9.17, 15) is 30.1 Å². The molecule has 0 bridgehead atoms. The van der Waals surface area contributed by atoms with E-state index >= 15 is 0 Å². The first-order valence-electron chi connectivity index (χ1n) is 10.4. The smallest absolute Gasteiger partial charge is 0.345 e. The number of nitroso groups, excluding NO2 is 1. The molecule has 186 valence electrons. The topological polar surface area (TPSA) is 171 Å². The average Bonchev–Trinajstić information content (AvgIpc) is 3.31. The molecule has 0 aliphatic carbocycles. The van der Waals surface area contributed by atoms with Crippen LogP contribution in [0, 0.1) is 4.91 Å². The Morgan fingerprint density at radius 3 is 2.56 bits per heavy atom.